The van der Waals surface area contributed by atoms with Gasteiger partial charge in [-0.15, -0.1) is 0 Å². The van der Waals surface area contributed by atoms with Crippen LogP contribution >= 0.6 is 7.82 Å². The van der Waals surface area contributed by atoms with Crippen molar-refractivity contribution < 1.29 is 113 Å². The smallest absolute Gasteiger partial charge is 0.394 e. The molecule has 4 saturated heterocycles. The summed E-state index contributed by atoms with van der Waals surface area (Å²) in [7, 11) is -5.08. The molecule has 0 radical (unpaired) electrons. The Morgan fingerprint density at radius 3 is 1.51 bits per heavy atom. The Kier molecular flexibility index (Phi) is 14.2. The van der Waals surface area contributed by atoms with Crippen molar-refractivity contribution in [3.8, 4) is 0 Å². The predicted octanol–water partition coefficient (Wildman–Crippen LogP) is -9.67. The van der Waals surface area contributed by atoms with E-state index in [1.54, 1.807) is 0 Å². The molecule has 49 heavy (non-hydrogen) atoms. The lowest BCUT2D eigenvalue weighted by molar-refractivity contribution is -0.376. The third-order valence-corrected chi connectivity index (χ3v) is 8.98. The second-order valence-corrected chi connectivity index (χ2v) is 13.1. The van der Waals surface area contributed by atoms with E-state index in [-0.39, 0.29) is 0 Å². The van der Waals surface area contributed by atoms with Crippen LogP contribution in [0.15, 0.2) is 0 Å². The molecule has 4 rings (SSSR count). The first-order valence-corrected chi connectivity index (χ1v) is 16.5. The first-order chi connectivity index (χ1) is 22.9. The third-order valence-electron chi connectivity index (χ3n) is 8.50. The average molecular weight is 746 g/mol. The molecule has 4 fully saturated rings. The standard InChI is InChI=1S/C24H44NO23P/c25-9-13(31)19(6(2-27)43-21(9)37)47-22-17(35)14(32)11(29)7(45-22)3-41-24-20(16(34)10(28)5(1-26)44-24)48-23-18(36)15(33)12(30)8(46-23)4-42-49(38,39)40/h5-24,26-37H,1-4,25H2,(H2,38,39,40)/t5-,6-,7-,8-,9-,10-,11-,12-,13-,14+,15+,16+,17+,18+,19-,20+,21+,22-,23-,24+/m1/s1. The summed E-state index contributed by atoms with van der Waals surface area (Å²) in [5.74, 6) is 0. The minimum Gasteiger partial charge on any atom is -0.394 e. The highest BCUT2D eigenvalue weighted by atomic mass is 31.2. The normalized spacial score (nSPS) is 49.9. The number of rotatable bonds is 12. The highest BCUT2D eigenvalue weighted by Crippen LogP contribution is 2.38. The van der Waals surface area contributed by atoms with Gasteiger partial charge in [0.05, 0.1) is 32.5 Å². The zero-order chi connectivity index (χ0) is 36.5. The summed E-state index contributed by atoms with van der Waals surface area (Å²) < 4.78 is 53.6. The molecule has 4 aliphatic rings. The molecule has 24 nitrogen and oxygen atoms in total. The lowest BCUT2D eigenvalue weighted by Gasteiger charge is -2.47. The summed E-state index contributed by atoms with van der Waals surface area (Å²) in [6.45, 7) is -3.47. The number of phosphoric acid groups is 1. The van der Waals surface area contributed by atoms with Crippen LogP contribution in [0, 0.1) is 0 Å². The minimum atomic E-state index is -5.08. The van der Waals surface area contributed by atoms with Crippen LogP contribution in [0.5, 0.6) is 0 Å². The van der Waals surface area contributed by atoms with Crippen LogP contribution in [-0.2, 0) is 42.2 Å². The van der Waals surface area contributed by atoms with Crippen LogP contribution in [-0.4, -0.2) is 220 Å². The van der Waals surface area contributed by atoms with Crippen molar-refractivity contribution in [2.75, 3.05) is 26.4 Å². The lowest BCUT2D eigenvalue weighted by Crippen LogP contribution is -2.66. The Morgan fingerprint density at radius 2 is 1.00 bits per heavy atom. The van der Waals surface area contributed by atoms with Gasteiger partial charge >= 0.3 is 7.82 Å². The zero-order valence-corrected chi connectivity index (χ0v) is 26.2. The first kappa shape index (κ1) is 41.1. The summed E-state index contributed by atoms with van der Waals surface area (Å²) in [5.41, 5.74) is 5.69. The lowest BCUT2D eigenvalue weighted by atomic mass is 9.96. The monoisotopic (exact) mass is 745 g/mol. The van der Waals surface area contributed by atoms with Gasteiger partial charge in [0, 0.05) is 0 Å². The number of ether oxygens (including phenoxy) is 7. The largest absolute Gasteiger partial charge is 0.469 e. The van der Waals surface area contributed by atoms with Crippen molar-refractivity contribution in [2.24, 2.45) is 5.73 Å². The van der Waals surface area contributed by atoms with E-state index >= 15 is 0 Å². The number of phosphoric ester groups is 1. The Bertz CT molecular complexity index is 1090. The van der Waals surface area contributed by atoms with Gasteiger partial charge in [-0.25, -0.2) is 4.57 Å². The third kappa shape index (κ3) is 9.28. The van der Waals surface area contributed by atoms with Crippen LogP contribution in [0.1, 0.15) is 0 Å². The Balaban J connectivity index is 1.49. The van der Waals surface area contributed by atoms with Gasteiger partial charge in [-0.3, -0.25) is 4.52 Å². The van der Waals surface area contributed by atoms with Crippen LogP contribution in [0.4, 0.5) is 0 Å². The maximum absolute atomic E-state index is 11.1. The molecule has 0 aromatic heterocycles. The van der Waals surface area contributed by atoms with Crippen LogP contribution in [0.25, 0.3) is 0 Å². The highest BCUT2D eigenvalue weighted by molar-refractivity contribution is 7.46. The van der Waals surface area contributed by atoms with Gasteiger partial charge in [0.2, 0.25) is 0 Å². The van der Waals surface area contributed by atoms with E-state index < -0.39 is 157 Å². The van der Waals surface area contributed by atoms with E-state index in [0.29, 0.717) is 0 Å². The summed E-state index contributed by atoms with van der Waals surface area (Å²) in [5, 5.41) is 124. The van der Waals surface area contributed by atoms with Crippen molar-refractivity contribution in [3.05, 3.63) is 0 Å². The van der Waals surface area contributed by atoms with E-state index in [4.69, 9.17) is 48.7 Å². The molecule has 0 unspecified atom stereocenters. The molecule has 4 aliphatic heterocycles. The van der Waals surface area contributed by atoms with Gasteiger partial charge < -0.3 is 110 Å². The van der Waals surface area contributed by atoms with Crippen molar-refractivity contribution in [3.63, 3.8) is 0 Å². The van der Waals surface area contributed by atoms with Crippen molar-refractivity contribution in [1.82, 2.24) is 0 Å². The SMILES string of the molecule is N[C@@H]1[C@@H](O)[C@H](O[C@H]2O[C@H](CO[C@H]3O[C@H](CO)[C@@H](O)[C@H](O)[C@@H]3O[C@H]3O[C@H](COP(=O)(O)O)[C@@H](O)[C@H](O)[C@@H]3O)[C@@H](O)[C@H](O)[C@@H]2O)[C@@H](CO)O[C@@H]1O. The first-order valence-electron chi connectivity index (χ1n) is 14.9. The summed E-state index contributed by atoms with van der Waals surface area (Å²) in [4.78, 5) is 18.0. The Morgan fingerprint density at radius 1 is 0.531 bits per heavy atom. The zero-order valence-electron chi connectivity index (χ0n) is 25.3. The summed E-state index contributed by atoms with van der Waals surface area (Å²) in [6, 6.07) is -1.42. The molecule has 0 spiro atoms. The van der Waals surface area contributed by atoms with E-state index in [2.05, 4.69) is 4.52 Å². The number of nitrogens with two attached hydrogens (primary N) is 1. The summed E-state index contributed by atoms with van der Waals surface area (Å²) >= 11 is 0. The predicted molar refractivity (Wildman–Crippen MR) is 147 cm³/mol. The fraction of sp³-hybridized carbons (Fsp3) is 1.00. The van der Waals surface area contributed by atoms with Gasteiger partial charge in [-0.05, 0) is 0 Å². The maximum Gasteiger partial charge on any atom is 0.469 e. The fourth-order valence-electron chi connectivity index (χ4n) is 5.61. The van der Waals surface area contributed by atoms with E-state index in [1.807, 2.05) is 0 Å². The van der Waals surface area contributed by atoms with Crippen molar-refractivity contribution in [1.29, 1.82) is 0 Å². The van der Waals surface area contributed by atoms with Gasteiger partial charge in [-0.1, -0.05) is 0 Å². The summed E-state index contributed by atoms with van der Waals surface area (Å²) in [6.07, 6.45) is -34.4. The van der Waals surface area contributed by atoms with Gasteiger partial charge in [-0.2, -0.15) is 0 Å². The minimum absolute atomic E-state index is 0.792. The molecule has 16 N–H and O–H groups in total. The fourth-order valence-corrected chi connectivity index (χ4v) is 5.95. The molecule has 25 heteroatoms. The molecule has 0 amide bonds. The highest BCUT2D eigenvalue weighted by Gasteiger charge is 2.53. The molecule has 288 valence electrons. The average Bonchev–Trinajstić information content (AvgIpc) is 3.05. The van der Waals surface area contributed by atoms with Crippen LogP contribution in [0.2, 0.25) is 0 Å². The molecule has 0 bridgehead atoms. The van der Waals surface area contributed by atoms with Crippen LogP contribution in [0.3, 0.4) is 0 Å². The van der Waals surface area contributed by atoms with Gasteiger partial charge in [0.25, 0.3) is 0 Å². The molecule has 0 aromatic rings. The molecular formula is C24H44NO23P. The van der Waals surface area contributed by atoms with E-state index in [9.17, 15) is 65.8 Å². The number of aliphatic hydroxyl groups is 12. The Labute approximate surface area is 276 Å². The van der Waals surface area contributed by atoms with Gasteiger partial charge in [0.1, 0.15) is 91.6 Å². The molecule has 20 atom stereocenters. The number of aliphatic hydroxyl groups excluding tert-OH is 12. The van der Waals surface area contributed by atoms with Crippen molar-refractivity contribution >= 4 is 7.82 Å². The second-order valence-electron chi connectivity index (χ2n) is 11.9. The van der Waals surface area contributed by atoms with Crippen molar-refractivity contribution in [2.45, 2.75) is 123 Å². The van der Waals surface area contributed by atoms with E-state index in [1.165, 1.54) is 0 Å². The molecular weight excluding hydrogens is 701 g/mol. The second kappa shape index (κ2) is 17.0. The number of hydrogen-bond acceptors (Lipinski definition) is 22. The van der Waals surface area contributed by atoms with E-state index in [0.717, 1.165) is 0 Å². The maximum atomic E-state index is 11.1. The Hall–Kier alpha value is -0.690. The number of hydrogen-bond donors (Lipinski definition) is 15. The van der Waals surface area contributed by atoms with Crippen LogP contribution < -0.4 is 5.73 Å². The molecule has 4 heterocycles. The molecule has 0 saturated carbocycles. The topological polar surface area (TPSA) is 400 Å². The molecule has 0 aliphatic carbocycles. The quantitative estimate of drug-likeness (QED) is 0.0824. The van der Waals surface area contributed by atoms with Gasteiger partial charge in [0.15, 0.2) is 25.2 Å². The molecule has 0 aromatic carbocycles.